The van der Waals surface area contributed by atoms with Crippen LogP contribution < -0.4 is 16.4 Å². The molecule has 0 saturated heterocycles. The summed E-state index contributed by atoms with van der Waals surface area (Å²) in [5.74, 6) is -0.258. The Morgan fingerprint density at radius 3 is 2.33 bits per heavy atom. The van der Waals surface area contributed by atoms with Gasteiger partial charge >= 0.3 is 0 Å². The first-order valence-corrected chi connectivity index (χ1v) is 6.43. The van der Waals surface area contributed by atoms with Gasteiger partial charge in [-0.1, -0.05) is 15.9 Å². The summed E-state index contributed by atoms with van der Waals surface area (Å²) < 4.78 is 0.924. The van der Waals surface area contributed by atoms with Gasteiger partial charge in [0, 0.05) is 36.1 Å². The molecule has 0 aliphatic carbocycles. The first-order valence-electron chi connectivity index (χ1n) is 5.64. The number of benzene rings is 1. The van der Waals surface area contributed by atoms with Crippen molar-refractivity contribution in [1.29, 1.82) is 0 Å². The van der Waals surface area contributed by atoms with Crippen molar-refractivity contribution in [1.82, 2.24) is 10.6 Å². The number of halogens is 1. The first kappa shape index (κ1) is 14.7. The van der Waals surface area contributed by atoms with Crippen molar-refractivity contribution in [2.45, 2.75) is 6.42 Å². The van der Waals surface area contributed by atoms with Gasteiger partial charge in [-0.2, -0.15) is 0 Å². The normalized spacial score (nSPS) is 9.89. The smallest absolute Gasteiger partial charge is 0.251 e. The lowest BCUT2D eigenvalue weighted by Crippen LogP contribution is -2.35. The van der Waals surface area contributed by atoms with Crippen LogP contribution in [0.2, 0.25) is 0 Å². The summed E-state index contributed by atoms with van der Waals surface area (Å²) in [6.45, 7) is 1.13. The van der Waals surface area contributed by atoms with Crippen molar-refractivity contribution in [3.63, 3.8) is 0 Å². The van der Waals surface area contributed by atoms with E-state index in [0.717, 1.165) is 4.47 Å². The Morgan fingerprint density at radius 2 is 1.72 bits per heavy atom. The van der Waals surface area contributed by atoms with Crippen LogP contribution in [0, 0.1) is 0 Å². The number of carbonyl (C=O) groups excluding carboxylic acids is 2. The third kappa shape index (κ3) is 5.29. The summed E-state index contributed by atoms with van der Waals surface area (Å²) in [5.41, 5.74) is 5.83. The maximum Gasteiger partial charge on any atom is 0.251 e. The minimum Gasteiger partial charge on any atom is -0.354 e. The average molecular weight is 314 g/mol. The van der Waals surface area contributed by atoms with E-state index in [2.05, 4.69) is 26.6 Å². The highest BCUT2D eigenvalue weighted by atomic mass is 79.9. The number of amides is 2. The SMILES string of the molecule is NCCC(=O)NCCNC(=O)c1ccc(Br)cc1. The van der Waals surface area contributed by atoms with Gasteiger partial charge < -0.3 is 16.4 Å². The molecule has 0 aliphatic rings. The molecule has 18 heavy (non-hydrogen) atoms. The van der Waals surface area contributed by atoms with Gasteiger partial charge in [0.2, 0.25) is 5.91 Å². The Morgan fingerprint density at radius 1 is 1.11 bits per heavy atom. The van der Waals surface area contributed by atoms with Crippen molar-refractivity contribution in [2.24, 2.45) is 5.73 Å². The molecule has 0 aliphatic heterocycles. The summed E-state index contributed by atoms with van der Waals surface area (Å²) in [6, 6.07) is 7.06. The highest BCUT2D eigenvalue weighted by Gasteiger charge is 2.04. The number of carbonyl (C=O) groups is 2. The molecular weight excluding hydrogens is 298 g/mol. The minimum atomic E-state index is -0.157. The molecule has 0 saturated carbocycles. The van der Waals surface area contributed by atoms with Crippen molar-refractivity contribution < 1.29 is 9.59 Å². The number of nitrogens with one attached hydrogen (secondary N) is 2. The molecule has 1 rings (SSSR count). The fourth-order valence-electron chi connectivity index (χ4n) is 1.30. The van der Waals surface area contributed by atoms with Gasteiger partial charge in [0.1, 0.15) is 0 Å². The number of hydrogen-bond acceptors (Lipinski definition) is 3. The number of nitrogens with two attached hydrogens (primary N) is 1. The summed E-state index contributed by atoms with van der Waals surface area (Å²) in [5, 5.41) is 5.37. The predicted molar refractivity (Wildman–Crippen MR) is 73.2 cm³/mol. The van der Waals surface area contributed by atoms with Gasteiger partial charge in [-0.05, 0) is 24.3 Å². The summed E-state index contributed by atoms with van der Waals surface area (Å²) in [6.07, 6.45) is 0.306. The van der Waals surface area contributed by atoms with E-state index in [4.69, 9.17) is 5.73 Å². The molecule has 5 nitrogen and oxygen atoms in total. The standard InChI is InChI=1S/C12H16BrN3O2/c13-10-3-1-9(2-4-10)12(18)16-8-7-15-11(17)5-6-14/h1-4H,5-8,14H2,(H,15,17)(H,16,18). The Hall–Kier alpha value is -1.40. The second kappa shape index (κ2) is 7.84. The zero-order valence-electron chi connectivity index (χ0n) is 9.91. The van der Waals surface area contributed by atoms with Gasteiger partial charge in [-0.25, -0.2) is 0 Å². The molecule has 0 atom stereocenters. The molecule has 0 fully saturated rings. The molecule has 1 aromatic carbocycles. The van der Waals surface area contributed by atoms with E-state index in [0.29, 0.717) is 31.6 Å². The molecule has 4 N–H and O–H groups in total. The molecule has 6 heteroatoms. The average Bonchev–Trinajstić information content (AvgIpc) is 2.35. The quantitative estimate of drug-likeness (QED) is 0.674. The second-order valence-electron chi connectivity index (χ2n) is 3.65. The Balaban J connectivity index is 2.25. The number of rotatable bonds is 6. The van der Waals surface area contributed by atoms with E-state index >= 15 is 0 Å². The monoisotopic (exact) mass is 313 g/mol. The third-order valence-electron chi connectivity index (χ3n) is 2.21. The van der Waals surface area contributed by atoms with E-state index < -0.39 is 0 Å². The van der Waals surface area contributed by atoms with E-state index in [9.17, 15) is 9.59 Å². The lowest BCUT2D eigenvalue weighted by Gasteiger charge is -2.06. The van der Waals surface area contributed by atoms with Crippen molar-refractivity contribution in [3.05, 3.63) is 34.3 Å². The van der Waals surface area contributed by atoms with Crippen molar-refractivity contribution in [3.8, 4) is 0 Å². The Bertz CT molecular complexity index is 406. The summed E-state index contributed by atoms with van der Waals surface area (Å²) in [4.78, 5) is 22.8. The fraction of sp³-hybridized carbons (Fsp3) is 0.333. The topological polar surface area (TPSA) is 84.2 Å². The molecule has 98 valence electrons. The van der Waals surface area contributed by atoms with Crippen LogP contribution in [-0.4, -0.2) is 31.4 Å². The largest absolute Gasteiger partial charge is 0.354 e. The maximum atomic E-state index is 11.7. The van der Waals surface area contributed by atoms with Gasteiger partial charge in [0.15, 0.2) is 0 Å². The van der Waals surface area contributed by atoms with Crippen LogP contribution in [0.1, 0.15) is 16.8 Å². The van der Waals surface area contributed by atoms with Crippen LogP contribution in [0.25, 0.3) is 0 Å². The Labute approximate surface area is 114 Å². The van der Waals surface area contributed by atoms with E-state index in [1.165, 1.54) is 0 Å². The maximum absolute atomic E-state index is 11.7. The van der Waals surface area contributed by atoms with Gasteiger partial charge in [0.05, 0.1) is 0 Å². The molecule has 0 bridgehead atoms. The Kier molecular flexibility index (Phi) is 6.38. The second-order valence-corrected chi connectivity index (χ2v) is 4.57. The molecule has 1 aromatic rings. The summed E-state index contributed by atoms with van der Waals surface area (Å²) >= 11 is 3.30. The molecule has 0 aromatic heterocycles. The first-order chi connectivity index (χ1) is 8.63. The van der Waals surface area contributed by atoms with E-state index in [-0.39, 0.29) is 11.8 Å². The highest BCUT2D eigenvalue weighted by molar-refractivity contribution is 9.10. The van der Waals surface area contributed by atoms with Crippen LogP contribution in [0.15, 0.2) is 28.7 Å². The van der Waals surface area contributed by atoms with Crippen LogP contribution >= 0.6 is 15.9 Å². The number of hydrogen-bond donors (Lipinski definition) is 3. The highest BCUT2D eigenvalue weighted by Crippen LogP contribution is 2.10. The summed E-state index contributed by atoms with van der Waals surface area (Å²) in [7, 11) is 0. The zero-order valence-corrected chi connectivity index (χ0v) is 11.5. The van der Waals surface area contributed by atoms with E-state index in [1.807, 2.05) is 0 Å². The lowest BCUT2D eigenvalue weighted by molar-refractivity contribution is -0.120. The van der Waals surface area contributed by atoms with Crippen LogP contribution in [-0.2, 0) is 4.79 Å². The van der Waals surface area contributed by atoms with Gasteiger partial charge in [-0.15, -0.1) is 0 Å². The zero-order chi connectivity index (χ0) is 13.4. The van der Waals surface area contributed by atoms with E-state index in [1.54, 1.807) is 24.3 Å². The van der Waals surface area contributed by atoms with Crippen LogP contribution in [0.3, 0.4) is 0 Å². The fourth-order valence-corrected chi connectivity index (χ4v) is 1.57. The molecule has 0 unspecified atom stereocenters. The molecule has 0 spiro atoms. The molecule has 0 heterocycles. The van der Waals surface area contributed by atoms with Crippen molar-refractivity contribution in [2.75, 3.05) is 19.6 Å². The predicted octanol–water partition coefficient (Wildman–Crippen LogP) is 0.644. The molecule has 2 amide bonds. The van der Waals surface area contributed by atoms with Crippen molar-refractivity contribution >= 4 is 27.7 Å². The third-order valence-corrected chi connectivity index (χ3v) is 2.74. The van der Waals surface area contributed by atoms with Crippen LogP contribution in [0.5, 0.6) is 0 Å². The van der Waals surface area contributed by atoms with Gasteiger partial charge in [-0.3, -0.25) is 9.59 Å². The minimum absolute atomic E-state index is 0.101. The molecule has 0 radical (unpaired) electrons. The molecular formula is C12H16BrN3O2. The van der Waals surface area contributed by atoms with Crippen LogP contribution in [0.4, 0.5) is 0 Å². The lowest BCUT2D eigenvalue weighted by atomic mass is 10.2. The van der Waals surface area contributed by atoms with Gasteiger partial charge in [0.25, 0.3) is 5.91 Å².